The molecule has 1 aliphatic heterocycles. The Balaban J connectivity index is 2.11. The number of hydrogen-bond donors (Lipinski definition) is 0. The Morgan fingerprint density at radius 1 is 1.31 bits per heavy atom. The highest BCUT2D eigenvalue weighted by molar-refractivity contribution is 6.04. The summed E-state index contributed by atoms with van der Waals surface area (Å²) in [6, 6.07) is 9.81. The second kappa shape index (κ2) is 4.47. The van der Waals surface area contributed by atoms with E-state index in [-0.39, 0.29) is 11.9 Å². The third-order valence-corrected chi connectivity index (χ3v) is 2.87. The van der Waals surface area contributed by atoms with Gasteiger partial charge < -0.3 is 0 Å². The molecule has 0 spiro atoms. The summed E-state index contributed by atoms with van der Waals surface area (Å²) in [7, 11) is 0. The maximum absolute atomic E-state index is 12.0. The highest BCUT2D eigenvalue weighted by atomic mass is 16.2. The molecule has 0 radical (unpaired) electrons. The number of likely N-dealkylation sites (N-methyl/N-ethyl adjacent to an activating group) is 1. The SMILES string of the molecule is CCN1C(=O)C(Cc2ccccc2)N=C1C. The van der Waals surface area contributed by atoms with Gasteiger partial charge in [-0.25, -0.2) is 0 Å². The summed E-state index contributed by atoms with van der Waals surface area (Å²) in [6.45, 7) is 4.58. The summed E-state index contributed by atoms with van der Waals surface area (Å²) in [6.07, 6.45) is 0.702. The maximum Gasteiger partial charge on any atom is 0.253 e. The normalized spacial score (nSPS) is 20.1. The quantitative estimate of drug-likeness (QED) is 0.759. The number of aliphatic imine (C=N–C) groups is 1. The van der Waals surface area contributed by atoms with Gasteiger partial charge in [0.05, 0.1) is 0 Å². The van der Waals surface area contributed by atoms with E-state index < -0.39 is 0 Å². The molecule has 1 aromatic carbocycles. The Morgan fingerprint density at radius 3 is 2.56 bits per heavy atom. The predicted molar refractivity (Wildman–Crippen MR) is 64.4 cm³/mol. The molecule has 1 unspecified atom stereocenters. The van der Waals surface area contributed by atoms with Crippen LogP contribution in [0.5, 0.6) is 0 Å². The Morgan fingerprint density at radius 2 is 2.00 bits per heavy atom. The molecule has 1 aromatic rings. The zero-order chi connectivity index (χ0) is 11.5. The summed E-state index contributed by atoms with van der Waals surface area (Å²) < 4.78 is 0. The van der Waals surface area contributed by atoms with Gasteiger partial charge in [-0.05, 0) is 19.4 Å². The summed E-state index contributed by atoms with van der Waals surface area (Å²) in [5, 5.41) is 0. The molecule has 1 heterocycles. The standard InChI is InChI=1S/C13H16N2O/c1-3-15-10(2)14-12(13(15)16)9-11-7-5-4-6-8-11/h4-8,12H,3,9H2,1-2H3. The minimum absolute atomic E-state index is 0.129. The summed E-state index contributed by atoms with van der Waals surface area (Å²) in [4.78, 5) is 18.1. The fourth-order valence-corrected chi connectivity index (χ4v) is 2.04. The number of amidine groups is 1. The number of hydrogen-bond acceptors (Lipinski definition) is 2. The van der Waals surface area contributed by atoms with E-state index in [1.165, 1.54) is 0 Å². The first-order valence-corrected chi connectivity index (χ1v) is 5.62. The van der Waals surface area contributed by atoms with E-state index in [1.807, 2.05) is 44.2 Å². The van der Waals surface area contributed by atoms with Crippen LogP contribution in [0.2, 0.25) is 0 Å². The molecule has 1 aliphatic rings. The van der Waals surface area contributed by atoms with Crippen molar-refractivity contribution < 1.29 is 4.79 Å². The summed E-state index contributed by atoms with van der Waals surface area (Å²) in [5.74, 6) is 0.970. The van der Waals surface area contributed by atoms with Crippen molar-refractivity contribution in [3.8, 4) is 0 Å². The molecule has 0 saturated heterocycles. The molecular formula is C13H16N2O. The fourth-order valence-electron chi connectivity index (χ4n) is 2.04. The largest absolute Gasteiger partial charge is 0.299 e. The van der Waals surface area contributed by atoms with Crippen molar-refractivity contribution in [2.45, 2.75) is 26.3 Å². The minimum atomic E-state index is -0.220. The smallest absolute Gasteiger partial charge is 0.253 e. The van der Waals surface area contributed by atoms with E-state index >= 15 is 0 Å². The van der Waals surface area contributed by atoms with Crippen LogP contribution >= 0.6 is 0 Å². The lowest BCUT2D eigenvalue weighted by Gasteiger charge is -2.14. The maximum atomic E-state index is 12.0. The molecule has 16 heavy (non-hydrogen) atoms. The lowest BCUT2D eigenvalue weighted by atomic mass is 10.1. The van der Waals surface area contributed by atoms with Gasteiger partial charge in [0.2, 0.25) is 0 Å². The van der Waals surface area contributed by atoms with Gasteiger partial charge in [-0.1, -0.05) is 30.3 Å². The molecule has 3 heteroatoms. The number of carbonyl (C=O) groups excluding carboxylic acids is 1. The van der Waals surface area contributed by atoms with Gasteiger partial charge in [0.25, 0.3) is 5.91 Å². The molecule has 0 N–H and O–H groups in total. The molecule has 0 fully saturated rings. The van der Waals surface area contributed by atoms with Gasteiger partial charge in [-0.3, -0.25) is 14.7 Å². The zero-order valence-corrected chi connectivity index (χ0v) is 9.68. The van der Waals surface area contributed by atoms with Gasteiger partial charge in [0.15, 0.2) is 0 Å². The van der Waals surface area contributed by atoms with E-state index in [4.69, 9.17) is 0 Å². The van der Waals surface area contributed by atoms with Crippen molar-refractivity contribution in [2.75, 3.05) is 6.54 Å². The van der Waals surface area contributed by atoms with Crippen LogP contribution in [0.3, 0.4) is 0 Å². The van der Waals surface area contributed by atoms with Crippen LogP contribution in [-0.2, 0) is 11.2 Å². The van der Waals surface area contributed by atoms with E-state index in [0.717, 1.165) is 11.4 Å². The molecule has 2 rings (SSSR count). The topological polar surface area (TPSA) is 32.7 Å². The average molecular weight is 216 g/mol. The van der Waals surface area contributed by atoms with Gasteiger partial charge in [-0.15, -0.1) is 0 Å². The predicted octanol–water partition coefficient (Wildman–Crippen LogP) is 1.88. The number of nitrogens with zero attached hydrogens (tertiary/aromatic N) is 2. The van der Waals surface area contributed by atoms with Crippen LogP contribution in [0.4, 0.5) is 0 Å². The van der Waals surface area contributed by atoms with E-state index in [1.54, 1.807) is 4.90 Å². The van der Waals surface area contributed by atoms with Gasteiger partial charge in [0, 0.05) is 13.0 Å². The Labute approximate surface area is 95.8 Å². The third-order valence-electron chi connectivity index (χ3n) is 2.87. The van der Waals surface area contributed by atoms with Crippen molar-refractivity contribution in [1.29, 1.82) is 0 Å². The molecule has 0 saturated carbocycles. The van der Waals surface area contributed by atoms with Crippen molar-refractivity contribution in [3.63, 3.8) is 0 Å². The molecular weight excluding hydrogens is 200 g/mol. The van der Waals surface area contributed by atoms with E-state index in [2.05, 4.69) is 4.99 Å². The van der Waals surface area contributed by atoms with Crippen molar-refractivity contribution in [3.05, 3.63) is 35.9 Å². The number of rotatable bonds is 3. The van der Waals surface area contributed by atoms with Gasteiger partial charge in [0.1, 0.15) is 11.9 Å². The van der Waals surface area contributed by atoms with E-state index in [9.17, 15) is 4.79 Å². The molecule has 1 atom stereocenters. The molecule has 0 aromatic heterocycles. The monoisotopic (exact) mass is 216 g/mol. The van der Waals surface area contributed by atoms with Gasteiger partial charge in [-0.2, -0.15) is 0 Å². The minimum Gasteiger partial charge on any atom is -0.299 e. The zero-order valence-electron chi connectivity index (χ0n) is 9.68. The van der Waals surface area contributed by atoms with Crippen molar-refractivity contribution >= 4 is 11.7 Å². The first-order valence-electron chi connectivity index (χ1n) is 5.62. The average Bonchev–Trinajstić information content (AvgIpc) is 2.55. The summed E-state index contributed by atoms with van der Waals surface area (Å²) >= 11 is 0. The van der Waals surface area contributed by atoms with Crippen molar-refractivity contribution in [2.24, 2.45) is 4.99 Å². The molecule has 1 amide bonds. The second-order valence-corrected chi connectivity index (χ2v) is 3.96. The lowest BCUT2D eigenvalue weighted by molar-refractivity contribution is -0.127. The first-order chi connectivity index (χ1) is 7.72. The lowest BCUT2D eigenvalue weighted by Crippen LogP contribution is -2.34. The Kier molecular flexibility index (Phi) is 3.04. The van der Waals surface area contributed by atoms with Crippen LogP contribution in [0.25, 0.3) is 0 Å². The second-order valence-electron chi connectivity index (χ2n) is 3.96. The molecule has 3 nitrogen and oxygen atoms in total. The van der Waals surface area contributed by atoms with Crippen LogP contribution in [0.1, 0.15) is 19.4 Å². The molecule has 0 aliphatic carbocycles. The summed E-state index contributed by atoms with van der Waals surface area (Å²) in [5.41, 5.74) is 1.16. The number of amides is 1. The highest BCUT2D eigenvalue weighted by Crippen LogP contribution is 2.15. The van der Waals surface area contributed by atoms with Crippen LogP contribution in [-0.4, -0.2) is 29.2 Å². The number of carbonyl (C=O) groups is 1. The van der Waals surface area contributed by atoms with Crippen molar-refractivity contribution in [1.82, 2.24) is 4.90 Å². The van der Waals surface area contributed by atoms with Gasteiger partial charge >= 0.3 is 0 Å². The third kappa shape index (κ3) is 1.98. The van der Waals surface area contributed by atoms with Crippen LogP contribution < -0.4 is 0 Å². The Bertz CT molecular complexity index is 411. The Hall–Kier alpha value is -1.64. The number of benzene rings is 1. The van der Waals surface area contributed by atoms with Crippen LogP contribution in [0.15, 0.2) is 35.3 Å². The fraction of sp³-hybridized carbons (Fsp3) is 0.385. The van der Waals surface area contributed by atoms with Crippen LogP contribution in [0, 0.1) is 0 Å². The first kappa shape index (κ1) is 10.9. The highest BCUT2D eigenvalue weighted by Gasteiger charge is 2.30. The molecule has 0 bridgehead atoms. The van der Waals surface area contributed by atoms with E-state index in [0.29, 0.717) is 13.0 Å². The molecule has 84 valence electrons.